The van der Waals surface area contributed by atoms with Crippen LogP contribution in [-0.4, -0.2) is 40.3 Å². The summed E-state index contributed by atoms with van der Waals surface area (Å²) in [5, 5.41) is 6.85. The standard InChI is InChI=1S/C17H22N4O4/c1-9-4-13(25-21-9)5-12-7-24-8-15(12)20-16(22)6-14-10(2)18-11(3)19-17(14)23/h4,12,15H,5-8H2,1-3H3,(H,20,22)(H,18,19,23)/t12-,15+/m0/s1. The smallest absolute Gasteiger partial charge is 0.254 e. The number of carbonyl (C=O) groups excluding carboxylic acids is 1. The number of ether oxygens (including phenoxy) is 1. The maximum absolute atomic E-state index is 12.4. The van der Waals surface area contributed by atoms with Crippen LogP contribution in [0.3, 0.4) is 0 Å². The molecular formula is C17H22N4O4. The zero-order valence-electron chi connectivity index (χ0n) is 14.6. The van der Waals surface area contributed by atoms with Crippen molar-refractivity contribution in [3.8, 4) is 0 Å². The molecule has 3 heterocycles. The van der Waals surface area contributed by atoms with Crippen LogP contribution in [0.5, 0.6) is 0 Å². The van der Waals surface area contributed by atoms with E-state index in [4.69, 9.17) is 9.26 Å². The summed E-state index contributed by atoms with van der Waals surface area (Å²) in [6.45, 7) is 6.32. The largest absolute Gasteiger partial charge is 0.379 e. The van der Waals surface area contributed by atoms with Crippen molar-refractivity contribution >= 4 is 5.91 Å². The zero-order chi connectivity index (χ0) is 18.0. The Morgan fingerprint density at radius 2 is 2.16 bits per heavy atom. The van der Waals surface area contributed by atoms with Gasteiger partial charge in [-0.15, -0.1) is 0 Å². The van der Waals surface area contributed by atoms with Crippen LogP contribution >= 0.6 is 0 Å². The molecule has 2 aromatic rings. The molecule has 1 aliphatic rings. The van der Waals surface area contributed by atoms with Gasteiger partial charge in [0.05, 0.1) is 31.4 Å². The Morgan fingerprint density at radius 1 is 1.36 bits per heavy atom. The molecule has 0 saturated carbocycles. The minimum Gasteiger partial charge on any atom is -0.379 e. The molecule has 25 heavy (non-hydrogen) atoms. The minimum atomic E-state index is -0.267. The highest BCUT2D eigenvalue weighted by Gasteiger charge is 2.31. The Bertz CT molecular complexity index is 826. The fourth-order valence-corrected chi connectivity index (χ4v) is 3.11. The van der Waals surface area contributed by atoms with Crippen molar-refractivity contribution < 1.29 is 14.1 Å². The summed E-state index contributed by atoms with van der Waals surface area (Å²) in [5.41, 5.74) is 1.53. The highest BCUT2D eigenvalue weighted by atomic mass is 16.5. The Kier molecular flexibility index (Phi) is 4.98. The summed E-state index contributed by atoms with van der Waals surface area (Å²) >= 11 is 0. The lowest BCUT2D eigenvalue weighted by molar-refractivity contribution is -0.121. The van der Waals surface area contributed by atoms with E-state index >= 15 is 0 Å². The molecule has 0 radical (unpaired) electrons. The summed E-state index contributed by atoms with van der Waals surface area (Å²) in [4.78, 5) is 31.2. The molecule has 0 bridgehead atoms. The van der Waals surface area contributed by atoms with Gasteiger partial charge in [-0.1, -0.05) is 5.16 Å². The van der Waals surface area contributed by atoms with E-state index in [1.165, 1.54) is 0 Å². The molecule has 134 valence electrons. The summed E-state index contributed by atoms with van der Waals surface area (Å²) in [6.07, 6.45) is 0.649. The van der Waals surface area contributed by atoms with E-state index in [0.717, 1.165) is 11.5 Å². The minimum absolute atomic E-state index is 0.000910. The number of hydrogen-bond donors (Lipinski definition) is 2. The Balaban J connectivity index is 1.63. The number of hydrogen-bond acceptors (Lipinski definition) is 6. The van der Waals surface area contributed by atoms with Crippen LogP contribution in [0.4, 0.5) is 0 Å². The van der Waals surface area contributed by atoms with Gasteiger partial charge < -0.3 is 19.6 Å². The molecule has 1 fully saturated rings. The molecule has 2 aromatic heterocycles. The number of aryl methyl sites for hydroxylation is 3. The molecule has 0 aliphatic carbocycles. The maximum Gasteiger partial charge on any atom is 0.254 e. The zero-order valence-corrected chi connectivity index (χ0v) is 14.6. The van der Waals surface area contributed by atoms with Gasteiger partial charge in [-0.2, -0.15) is 0 Å². The van der Waals surface area contributed by atoms with Crippen molar-refractivity contribution in [3.63, 3.8) is 0 Å². The Labute approximate surface area is 145 Å². The van der Waals surface area contributed by atoms with E-state index < -0.39 is 0 Å². The number of nitrogens with zero attached hydrogens (tertiary/aromatic N) is 2. The highest BCUT2D eigenvalue weighted by molar-refractivity contribution is 5.79. The van der Waals surface area contributed by atoms with Crippen LogP contribution in [0.25, 0.3) is 0 Å². The van der Waals surface area contributed by atoms with Gasteiger partial charge in [0.2, 0.25) is 5.91 Å². The number of nitrogens with one attached hydrogen (secondary N) is 2. The van der Waals surface area contributed by atoms with Gasteiger partial charge in [0.1, 0.15) is 11.6 Å². The molecule has 1 aliphatic heterocycles. The van der Waals surface area contributed by atoms with Crippen molar-refractivity contribution in [3.05, 3.63) is 45.0 Å². The van der Waals surface area contributed by atoms with Gasteiger partial charge in [-0.3, -0.25) is 9.59 Å². The van der Waals surface area contributed by atoms with E-state index in [0.29, 0.717) is 36.7 Å². The predicted octanol–water partition coefficient (Wildman–Crippen LogP) is 0.600. The normalized spacial score (nSPS) is 20.0. The number of aromatic amines is 1. The lowest BCUT2D eigenvalue weighted by atomic mass is 9.98. The topological polar surface area (TPSA) is 110 Å². The fraction of sp³-hybridized carbons (Fsp3) is 0.529. The second kappa shape index (κ2) is 7.18. The number of amides is 1. The van der Waals surface area contributed by atoms with Gasteiger partial charge in [-0.05, 0) is 20.8 Å². The van der Waals surface area contributed by atoms with Gasteiger partial charge in [-0.25, -0.2) is 4.98 Å². The molecule has 3 rings (SSSR count). The third kappa shape index (κ3) is 4.14. The van der Waals surface area contributed by atoms with Crippen molar-refractivity contribution in [1.82, 2.24) is 20.4 Å². The second-order valence-corrected chi connectivity index (χ2v) is 6.50. The van der Waals surface area contributed by atoms with Crippen LogP contribution in [0.2, 0.25) is 0 Å². The van der Waals surface area contributed by atoms with E-state index in [1.54, 1.807) is 13.8 Å². The van der Waals surface area contributed by atoms with Gasteiger partial charge >= 0.3 is 0 Å². The first-order valence-corrected chi connectivity index (χ1v) is 8.28. The quantitative estimate of drug-likeness (QED) is 0.820. The monoisotopic (exact) mass is 346 g/mol. The summed E-state index contributed by atoms with van der Waals surface area (Å²) in [6, 6.07) is 1.77. The summed E-state index contributed by atoms with van der Waals surface area (Å²) in [7, 11) is 0. The number of H-pyrrole nitrogens is 1. The molecule has 0 aromatic carbocycles. The van der Waals surface area contributed by atoms with Gasteiger partial charge in [0.15, 0.2) is 0 Å². The predicted molar refractivity (Wildman–Crippen MR) is 89.2 cm³/mol. The van der Waals surface area contributed by atoms with Gasteiger partial charge in [0.25, 0.3) is 5.56 Å². The van der Waals surface area contributed by atoms with E-state index in [2.05, 4.69) is 20.4 Å². The molecule has 8 nitrogen and oxygen atoms in total. The molecule has 1 saturated heterocycles. The third-order valence-corrected chi connectivity index (χ3v) is 4.36. The van der Waals surface area contributed by atoms with Crippen molar-refractivity contribution in [1.29, 1.82) is 0 Å². The average molecular weight is 346 g/mol. The number of carbonyl (C=O) groups is 1. The Hall–Kier alpha value is -2.48. The molecule has 0 unspecified atom stereocenters. The average Bonchev–Trinajstić information content (AvgIpc) is 3.13. The molecule has 8 heteroatoms. The molecule has 2 N–H and O–H groups in total. The Morgan fingerprint density at radius 3 is 2.84 bits per heavy atom. The van der Waals surface area contributed by atoms with E-state index in [1.807, 2.05) is 13.0 Å². The fourth-order valence-electron chi connectivity index (χ4n) is 3.11. The summed E-state index contributed by atoms with van der Waals surface area (Å²) in [5.74, 6) is 1.22. The molecule has 2 atom stereocenters. The molecule has 0 spiro atoms. The molecular weight excluding hydrogens is 324 g/mol. The van der Waals surface area contributed by atoms with Crippen LogP contribution in [0, 0.1) is 26.7 Å². The first-order valence-electron chi connectivity index (χ1n) is 8.28. The summed E-state index contributed by atoms with van der Waals surface area (Å²) < 4.78 is 10.8. The van der Waals surface area contributed by atoms with Gasteiger partial charge in [0, 0.05) is 29.7 Å². The third-order valence-electron chi connectivity index (χ3n) is 4.36. The van der Waals surface area contributed by atoms with Crippen LogP contribution in [0.15, 0.2) is 15.4 Å². The highest BCUT2D eigenvalue weighted by Crippen LogP contribution is 2.20. The van der Waals surface area contributed by atoms with Crippen molar-refractivity contribution in [2.75, 3.05) is 13.2 Å². The van der Waals surface area contributed by atoms with Crippen LogP contribution in [0.1, 0.15) is 28.5 Å². The SMILES string of the molecule is Cc1cc(C[C@H]2COC[C@H]2NC(=O)Cc2c(C)nc(C)[nH]c2=O)on1. The van der Waals surface area contributed by atoms with E-state index in [-0.39, 0.29) is 29.8 Å². The van der Waals surface area contributed by atoms with E-state index in [9.17, 15) is 9.59 Å². The first-order chi connectivity index (χ1) is 11.9. The number of aromatic nitrogens is 3. The van der Waals surface area contributed by atoms with Crippen molar-refractivity contribution in [2.24, 2.45) is 5.92 Å². The lowest BCUT2D eigenvalue weighted by Gasteiger charge is -2.18. The van der Waals surface area contributed by atoms with Crippen LogP contribution in [-0.2, 0) is 22.4 Å². The molecule has 1 amide bonds. The first kappa shape index (κ1) is 17.3. The number of rotatable bonds is 5. The van der Waals surface area contributed by atoms with Crippen LogP contribution < -0.4 is 10.9 Å². The van der Waals surface area contributed by atoms with Crippen molar-refractivity contribution in [2.45, 2.75) is 39.7 Å². The second-order valence-electron chi connectivity index (χ2n) is 6.50. The lowest BCUT2D eigenvalue weighted by Crippen LogP contribution is -2.42. The maximum atomic E-state index is 12.4.